The van der Waals surface area contributed by atoms with Crippen LogP contribution in [0.15, 0.2) is 4.40 Å². The fourth-order valence-electron chi connectivity index (χ4n) is 0.810. The van der Waals surface area contributed by atoms with Crippen molar-refractivity contribution in [2.75, 3.05) is 6.61 Å². The molecule has 5 heteroatoms. The number of carbonyl (C=O) groups excluding carboxylic acids is 1. The number of ether oxygens (including phenoxy) is 1. The van der Waals surface area contributed by atoms with Gasteiger partial charge in [0.05, 0.1) is 11.4 Å². The fourth-order valence-corrected chi connectivity index (χ4v) is 1.55. The molecule has 0 aliphatic rings. The second-order valence-corrected chi connectivity index (χ2v) is 6.62. The van der Waals surface area contributed by atoms with E-state index in [9.17, 15) is 9.00 Å². The second-order valence-electron chi connectivity index (χ2n) is 4.71. The van der Waals surface area contributed by atoms with Crippen LogP contribution in [0.4, 0.5) is 0 Å². The van der Waals surface area contributed by atoms with Crippen LogP contribution in [-0.4, -0.2) is 27.2 Å². The lowest BCUT2D eigenvalue weighted by Gasteiger charge is -2.15. The van der Waals surface area contributed by atoms with Gasteiger partial charge in [-0.1, -0.05) is 13.8 Å². The smallest absolute Gasteiger partial charge is 0.353 e. The highest BCUT2D eigenvalue weighted by Crippen LogP contribution is 2.14. The van der Waals surface area contributed by atoms with Crippen molar-refractivity contribution in [2.24, 2.45) is 10.3 Å². The highest BCUT2D eigenvalue weighted by Gasteiger charge is 2.24. The van der Waals surface area contributed by atoms with E-state index >= 15 is 0 Å². The van der Waals surface area contributed by atoms with Gasteiger partial charge in [-0.2, -0.15) is 4.40 Å². The molecule has 0 aliphatic carbocycles. The lowest BCUT2D eigenvalue weighted by atomic mass is 10.1. The average molecular weight is 247 g/mol. The van der Waals surface area contributed by atoms with E-state index in [1.165, 1.54) is 0 Å². The highest BCUT2D eigenvalue weighted by atomic mass is 32.2. The van der Waals surface area contributed by atoms with E-state index in [1.807, 2.05) is 34.6 Å². The summed E-state index contributed by atoms with van der Waals surface area (Å²) < 4.78 is 20.2. The maximum Gasteiger partial charge on any atom is 0.353 e. The summed E-state index contributed by atoms with van der Waals surface area (Å²) in [7, 11) is -1.43. The van der Waals surface area contributed by atoms with E-state index in [0.717, 1.165) is 0 Å². The van der Waals surface area contributed by atoms with Gasteiger partial charge in [0.15, 0.2) is 0 Å². The van der Waals surface area contributed by atoms with Crippen LogP contribution in [0.25, 0.3) is 0 Å². The van der Waals surface area contributed by atoms with Crippen molar-refractivity contribution in [3.8, 4) is 0 Å². The van der Waals surface area contributed by atoms with Gasteiger partial charge in [-0.15, -0.1) is 0 Å². The minimum absolute atomic E-state index is 0.0923. The molecule has 0 aromatic carbocycles. The Labute approximate surface area is 100 Å². The lowest BCUT2D eigenvalue weighted by molar-refractivity contribution is -0.135. The van der Waals surface area contributed by atoms with E-state index in [1.54, 1.807) is 6.92 Å². The van der Waals surface area contributed by atoms with Crippen LogP contribution in [0.1, 0.15) is 41.5 Å². The topological polar surface area (TPSA) is 55.7 Å². The van der Waals surface area contributed by atoms with Crippen LogP contribution in [-0.2, 0) is 20.5 Å². The molecule has 0 aromatic rings. The summed E-state index contributed by atoms with van der Waals surface area (Å²) >= 11 is 0. The minimum atomic E-state index is -1.43. The van der Waals surface area contributed by atoms with Crippen molar-refractivity contribution in [3.05, 3.63) is 0 Å². The number of nitrogens with zero attached hydrogens (tertiary/aromatic N) is 1. The summed E-state index contributed by atoms with van der Waals surface area (Å²) in [6.07, 6.45) is 0. The van der Waals surface area contributed by atoms with Gasteiger partial charge in [0, 0.05) is 5.92 Å². The summed E-state index contributed by atoms with van der Waals surface area (Å²) in [4.78, 5) is 11.6. The van der Waals surface area contributed by atoms with E-state index < -0.39 is 21.7 Å². The van der Waals surface area contributed by atoms with Crippen LogP contribution in [0, 0.1) is 5.92 Å². The monoisotopic (exact) mass is 247 g/mol. The summed E-state index contributed by atoms with van der Waals surface area (Å²) in [6, 6.07) is 0. The SMILES string of the molecule is CCOC(=O)/C(=N/[S@](=O)C(C)(C)C)C(C)C. The predicted molar refractivity (Wildman–Crippen MR) is 66.8 cm³/mol. The van der Waals surface area contributed by atoms with E-state index in [4.69, 9.17) is 4.74 Å². The largest absolute Gasteiger partial charge is 0.461 e. The molecule has 0 radical (unpaired) electrons. The summed E-state index contributed by atoms with van der Waals surface area (Å²) in [5.41, 5.74) is 0.245. The van der Waals surface area contributed by atoms with Crippen molar-refractivity contribution >= 4 is 22.7 Å². The highest BCUT2D eigenvalue weighted by molar-refractivity contribution is 7.85. The normalized spacial score (nSPS) is 15.1. The molecule has 0 aromatic heterocycles. The van der Waals surface area contributed by atoms with E-state index in [0.29, 0.717) is 6.61 Å². The Hall–Kier alpha value is -0.710. The molecular weight excluding hydrogens is 226 g/mol. The molecule has 0 aliphatic heterocycles. The maximum absolute atomic E-state index is 11.8. The quantitative estimate of drug-likeness (QED) is 0.564. The molecule has 0 saturated heterocycles. The molecule has 16 heavy (non-hydrogen) atoms. The Morgan fingerprint density at radius 1 is 1.38 bits per heavy atom. The molecule has 0 heterocycles. The molecule has 94 valence electrons. The number of esters is 1. The molecule has 0 rings (SSSR count). The Morgan fingerprint density at radius 2 is 1.88 bits per heavy atom. The third-order valence-electron chi connectivity index (χ3n) is 1.74. The molecule has 0 spiro atoms. The molecule has 0 N–H and O–H groups in total. The Balaban J connectivity index is 5.00. The van der Waals surface area contributed by atoms with E-state index in [-0.39, 0.29) is 11.6 Å². The zero-order valence-corrected chi connectivity index (χ0v) is 11.7. The first-order chi connectivity index (χ1) is 7.20. The Morgan fingerprint density at radius 3 is 2.19 bits per heavy atom. The first-order valence-corrected chi connectivity index (χ1v) is 6.48. The van der Waals surface area contributed by atoms with Gasteiger partial charge in [-0.3, -0.25) is 0 Å². The first kappa shape index (κ1) is 15.3. The zero-order valence-electron chi connectivity index (χ0n) is 10.9. The molecule has 0 bridgehead atoms. The van der Waals surface area contributed by atoms with Crippen LogP contribution < -0.4 is 0 Å². The number of carbonyl (C=O) groups is 1. The predicted octanol–water partition coefficient (Wildman–Crippen LogP) is 2.11. The first-order valence-electron chi connectivity index (χ1n) is 5.37. The molecule has 1 atom stereocenters. The van der Waals surface area contributed by atoms with Gasteiger partial charge in [-0.05, 0) is 27.7 Å². The lowest BCUT2D eigenvalue weighted by Crippen LogP contribution is -2.27. The van der Waals surface area contributed by atoms with Crippen molar-refractivity contribution in [1.29, 1.82) is 0 Å². The molecule has 0 fully saturated rings. The molecule has 0 unspecified atom stereocenters. The average Bonchev–Trinajstić information content (AvgIpc) is 2.11. The van der Waals surface area contributed by atoms with Crippen molar-refractivity contribution in [3.63, 3.8) is 0 Å². The van der Waals surface area contributed by atoms with Crippen LogP contribution >= 0.6 is 0 Å². The van der Waals surface area contributed by atoms with Gasteiger partial charge in [-0.25, -0.2) is 9.00 Å². The Kier molecular flexibility index (Phi) is 5.86. The molecule has 4 nitrogen and oxygen atoms in total. The van der Waals surface area contributed by atoms with Crippen molar-refractivity contribution in [2.45, 2.75) is 46.3 Å². The van der Waals surface area contributed by atoms with Gasteiger partial charge >= 0.3 is 5.97 Å². The van der Waals surface area contributed by atoms with Gasteiger partial charge in [0.1, 0.15) is 16.7 Å². The van der Waals surface area contributed by atoms with Crippen LogP contribution in [0.2, 0.25) is 0 Å². The van der Waals surface area contributed by atoms with Crippen LogP contribution in [0.5, 0.6) is 0 Å². The minimum Gasteiger partial charge on any atom is -0.461 e. The standard InChI is InChI=1S/C11H21NO3S/c1-7-15-10(13)9(8(2)3)12-16(14)11(4,5)6/h8H,7H2,1-6H3/b12-9+/t16-/m1/s1. The zero-order chi connectivity index (χ0) is 12.9. The number of hydrogen-bond donors (Lipinski definition) is 0. The number of rotatable bonds is 4. The van der Waals surface area contributed by atoms with Crippen LogP contribution in [0.3, 0.4) is 0 Å². The van der Waals surface area contributed by atoms with Crippen molar-refractivity contribution < 1.29 is 13.7 Å². The third kappa shape index (κ3) is 4.88. The van der Waals surface area contributed by atoms with E-state index in [2.05, 4.69) is 4.40 Å². The summed E-state index contributed by atoms with van der Waals surface area (Å²) in [6.45, 7) is 11.1. The number of hydrogen-bond acceptors (Lipinski definition) is 3. The maximum atomic E-state index is 11.8. The third-order valence-corrected chi connectivity index (χ3v) is 3.15. The van der Waals surface area contributed by atoms with Crippen molar-refractivity contribution in [1.82, 2.24) is 0 Å². The molecular formula is C11H21NO3S. The van der Waals surface area contributed by atoms with Gasteiger partial charge < -0.3 is 4.74 Å². The summed E-state index contributed by atoms with van der Waals surface area (Å²) in [5, 5.41) is 0. The van der Waals surface area contributed by atoms with Gasteiger partial charge in [0.2, 0.25) is 0 Å². The molecule has 0 saturated carbocycles. The van der Waals surface area contributed by atoms with Gasteiger partial charge in [0.25, 0.3) is 0 Å². The fraction of sp³-hybridized carbons (Fsp3) is 0.818. The summed E-state index contributed by atoms with van der Waals surface area (Å²) in [5.74, 6) is -0.569. The second kappa shape index (κ2) is 6.13. The Bertz CT molecular complexity index is 303. The molecule has 0 amide bonds.